The molecule has 0 radical (unpaired) electrons. The predicted molar refractivity (Wildman–Crippen MR) is 50.6 cm³/mol. The van der Waals surface area contributed by atoms with Gasteiger partial charge in [-0.3, -0.25) is 9.63 Å². The van der Waals surface area contributed by atoms with Gasteiger partial charge in [-0.05, 0) is 0 Å². The number of alkyl halides is 1. The first-order valence-corrected chi connectivity index (χ1v) is 4.69. The van der Waals surface area contributed by atoms with Crippen molar-refractivity contribution in [1.29, 1.82) is 0 Å². The molecule has 0 aliphatic heterocycles. The zero-order valence-corrected chi connectivity index (χ0v) is 9.30. The summed E-state index contributed by atoms with van der Waals surface area (Å²) in [4.78, 5) is 15.4. The average Bonchev–Trinajstić information content (AvgIpc) is 2.16. The monoisotopic (exact) mass is 255 g/mol. The summed E-state index contributed by atoms with van der Waals surface area (Å²) in [5.41, 5.74) is 2.61. The fourth-order valence-electron chi connectivity index (χ4n) is 0.540. The Kier molecular flexibility index (Phi) is 8.32. The number of nitrogens with one attached hydrogen (secondary N) is 1. The lowest BCUT2D eigenvalue weighted by Gasteiger charge is -2.08. The molecule has 0 heterocycles. The van der Waals surface area contributed by atoms with Gasteiger partial charge in [0.05, 0.1) is 20.3 Å². The average molecular weight is 256 g/mol. The van der Waals surface area contributed by atoms with Gasteiger partial charge in [0.15, 0.2) is 0 Å². The van der Waals surface area contributed by atoms with Crippen LogP contribution in [-0.2, 0) is 19.1 Å². The van der Waals surface area contributed by atoms with Gasteiger partial charge in [-0.25, -0.2) is 5.48 Å². The minimum absolute atomic E-state index is 0.331. The third kappa shape index (κ3) is 6.94. The molecule has 0 aromatic heterocycles. The van der Waals surface area contributed by atoms with Crippen LogP contribution in [0.4, 0.5) is 0 Å². The molecule has 0 aliphatic carbocycles. The molecule has 0 saturated carbocycles. The van der Waals surface area contributed by atoms with Crippen molar-refractivity contribution in [2.24, 2.45) is 0 Å². The number of hydrogen-bond acceptors (Lipinski definition) is 5. The predicted octanol–water partition coefficient (Wildman–Crippen LogP) is 0.0905. The number of hydroxylamine groups is 1. The van der Waals surface area contributed by atoms with Crippen LogP contribution in [0.5, 0.6) is 0 Å². The highest BCUT2D eigenvalue weighted by Crippen LogP contribution is 1.99. The van der Waals surface area contributed by atoms with Crippen molar-refractivity contribution in [3.63, 3.8) is 0 Å². The van der Waals surface area contributed by atoms with E-state index in [9.17, 15) is 4.79 Å². The van der Waals surface area contributed by atoms with Gasteiger partial charge in [0, 0.05) is 13.7 Å². The van der Waals surface area contributed by atoms with Crippen LogP contribution >= 0.6 is 15.9 Å². The normalized spacial score (nSPS) is 12.5. The molecule has 0 aliphatic rings. The molecule has 0 aromatic rings. The van der Waals surface area contributed by atoms with Crippen molar-refractivity contribution >= 4 is 21.9 Å². The van der Waals surface area contributed by atoms with Gasteiger partial charge >= 0.3 is 5.97 Å². The maximum atomic E-state index is 10.8. The Morgan fingerprint density at radius 3 is 2.69 bits per heavy atom. The van der Waals surface area contributed by atoms with Gasteiger partial charge in [0.2, 0.25) is 0 Å². The molecule has 78 valence electrons. The van der Waals surface area contributed by atoms with Crippen LogP contribution in [0.3, 0.4) is 0 Å². The highest BCUT2D eigenvalue weighted by Gasteiger charge is 2.13. The number of carbonyl (C=O) groups is 1. The number of carbonyl (C=O) groups excluding carboxylic acids is 1. The summed E-state index contributed by atoms with van der Waals surface area (Å²) in [6, 6.07) is 0. The molecule has 5 nitrogen and oxygen atoms in total. The van der Waals surface area contributed by atoms with E-state index in [-0.39, 0.29) is 10.8 Å². The highest BCUT2D eigenvalue weighted by atomic mass is 79.9. The summed E-state index contributed by atoms with van der Waals surface area (Å²) in [6.07, 6.45) is 0. The minimum atomic E-state index is -0.389. The molecule has 1 atom stereocenters. The van der Waals surface area contributed by atoms with E-state index in [4.69, 9.17) is 9.57 Å². The molecule has 0 rings (SSSR count). The molecular weight excluding hydrogens is 242 g/mol. The molecule has 0 bridgehead atoms. The Morgan fingerprint density at radius 2 is 2.15 bits per heavy atom. The summed E-state index contributed by atoms with van der Waals surface area (Å²) in [6.45, 7) is 1.31. The van der Waals surface area contributed by atoms with Crippen LogP contribution in [0.2, 0.25) is 0 Å². The van der Waals surface area contributed by atoms with E-state index in [1.807, 2.05) is 0 Å². The van der Waals surface area contributed by atoms with Crippen LogP contribution in [-0.4, -0.2) is 44.8 Å². The zero-order valence-electron chi connectivity index (χ0n) is 7.71. The molecule has 6 heteroatoms. The van der Waals surface area contributed by atoms with Crippen LogP contribution in [0.25, 0.3) is 0 Å². The maximum absolute atomic E-state index is 10.8. The molecule has 0 saturated heterocycles. The van der Waals surface area contributed by atoms with Crippen molar-refractivity contribution in [2.75, 3.05) is 34.0 Å². The molecular formula is C7H14BrNO4. The first kappa shape index (κ1) is 12.8. The standard InChI is InChI=1S/C7H14BrNO4/c1-11-3-4-13-9-5-6(8)7(10)12-2/h6,9H,3-5H2,1-2H3. The fraction of sp³-hybridized carbons (Fsp3) is 0.857. The quantitative estimate of drug-likeness (QED) is 0.303. The summed E-state index contributed by atoms with van der Waals surface area (Å²) in [5, 5.41) is 0. The first-order chi connectivity index (χ1) is 6.22. The second-order valence-electron chi connectivity index (χ2n) is 2.18. The number of rotatable bonds is 7. The lowest BCUT2D eigenvalue weighted by Crippen LogP contribution is -2.30. The first-order valence-electron chi connectivity index (χ1n) is 3.77. The second-order valence-corrected chi connectivity index (χ2v) is 3.29. The van der Waals surface area contributed by atoms with Gasteiger partial charge in [0.25, 0.3) is 0 Å². The third-order valence-electron chi connectivity index (χ3n) is 1.21. The van der Waals surface area contributed by atoms with Crippen LogP contribution < -0.4 is 5.48 Å². The maximum Gasteiger partial charge on any atom is 0.320 e. The summed E-state index contributed by atoms with van der Waals surface area (Å²) in [7, 11) is 2.92. The topological polar surface area (TPSA) is 56.8 Å². The Bertz CT molecular complexity index is 144. The molecule has 13 heavy (non-hydrogen) atoms. The van der Waals surface area contributed by atoms with E-state index in [1.165, 1.54) is 7.11 Å². The second kappa shape index (κ2) is 8.43. The third-order valence-corrected chi connectivity index (χ3v) is 1.91. The Balaban J connectivity index is 3.26. The largest absolute Gasteiger partial charge is 0.468 e. The number of halogens is 1. The summed E-state index contributed by atoms with van der Waals surface area (Å²) < 4.78 is 9.23. The van der Waals surface area contributed by atoms with Crippen molar-refractivity contribution < 1.29 is 19.1 Å². The van der Waals surface area contributed by atoms with Gasteiger partial charge in [-0.1, -0.05) is 15.9 Å². The highest BCUT2D eigenvalue weighted by molar-refractivity contribution is 9.10. The molecule has 1 unspecified atom stereocenters. The number of methoxy groups -OCH3 is 2. The number of esters is 1. The van der Waals surface area contributed by atoms with Gasteiger partial charge in [0.1, 0.15) is 4.83 Å². The smallest absolute Gasteiger partial charge is 0.320 e. The lowest BCUT2D eigenvalue weighted by atomic mass is 10.4. The SMILES string of the molecule is COCCONCC(Br)C(=O)OC. The van der Waals surface area contributed by atoms with E-state index in [0.717, 1.165) is 0 Å². The van der Waals surface area contributed by atoms with Crippen molar-refractivity contribution in [1.82, 2.24) is 5.48 Å². The summed E-state index contributed by atoms with van der Waals surface area (Å²) in [5.74, 6) is -0.331. The number of ether oxygens (including phenoxy) is 2. The van der Waals surface area contributed by atoms with E-state index in [0.29, 0.717) is 19.8 Å². The van der Waals surface area contributed by atoms with E-state index >= 15 is 0 Å². The van der Waals surface area contributed by atoms with Gasteiger partial charge < -0.3 is 9.47 Å². The summed E-state index contributed by atoms with van der Waals surface area (Å²) >= 11 is 3.12. The van der Waals surface area contributed by atoms with Crippen molar-refractivity contribution in [2.45, 2.75) is 4.83 Å². The van der Waals surface area contributed by atoms with Crippen LogP contribution in [0.15, 0.2) is 0 Å². The molecule has 0 amide bonds. The lowest BCUT2D eigenvalue weighted by molar-refractivity contribution is -0.140. The minimum Gasteiger partial charge on any atom is -0.468 e. The zero-order chi connectivity index (χ0) is 10.1. The molecule has 0 fully saturated rings. The van der Waals surface area contributed by atoms with E-state index < -0.39 is 0 Å². The van der Waals surface area contributed by atoms with Crippen LogP contribution in [0, 0.1) is 0 Å². The van der Waals surface area contributed by atoms with E-state index in [1.54, 1.807) is 7.11 Å². The van der Waals surface area contributed by atoms with E-state index in [2.05, 4.69) is 26.1 Å². The Morgan fingerprint density at radius 1 is 1.46 bits per heavy atom. The Hall–Kier alpha value is -0.170. The van der Waals surface area contributed by atoms with Crippen LogP contribution in [0.1, 0.15) is 0 Å². The van der Waals surface area contributed by atoms with Crippen molar-refractivity contribution in [3.05, 3.63) is 0 Å². The van der Waals surface area contributed by atoms with Gasteiger partial charge in [-0.2, -0.15) is 0 Å². The van der Waals surface area contributed by atoms with Crippen molar-refractivity contribution in [3.8, 4) is 0 Å². The number of hydrogen-bond donors (Lipinski definition) is 1. The fourth-order valence-corrected chi connectivity index (χ4v) is 0.860. The molecule has 0 spiro atoms. The molecule has 0 aromatic carbocycles. The molecule has 1 N–H and O–H groups in total. The Labute approximate surface area is 85.8 Å². The van der Waals surface area contributed by atoms with Gasteiger partial charge in [-0.15, -0.1) is 0 Å².